The number of fused-ring (bicyclic) bond motifs is 2. The molecule has 0 spiro atoms. The van der Waals surface area contributed by atoms with Crippen molar-refractivity contribution >= 4 is 11.7 Å². The zero-order valence-electron chi connectivity index (χ0n) is 19.0. The summed E-state index contributed by atoms with van der Waals surface area (Å²) in [5.41, 5.74) is 2.90. The third-order valence-corrected chi connectivity index (χ3v) is 8.57. The Labute approximate surface area is 186 Å². The summed E-state index contributed by atoms with van der Waals surface area (Å²) in [5, 5.41) is 0. The Morgan fingerprint density at radius 3 is 2.84 bits per heavy atom. The quantitative estimate of drug-likeness (QED) is 0.537. The van der Waals surface area contributed by atoms with Crippen LogP contribution < -0.4 is 9.64 Å². The standard InChI is InChI=1S/C26H36N2O3/c1-18-6-5-9-26(2)16-24-21(15-23(18)26)22(25(29)31-24)17-27-10-12-28(13-11-27)19-7-4-8-20(14-19)30-3/h4,7-8,14,21-24H,1,5-6,9-13,15-17H2,2-3H3/t21-,22-,23+,24+,26+/m0/s1. The van der Waals surface area contributed by atoms with Gasteiger partial charge in [-0.1, -0.05) is 25.1 Å². The van der Waals surface area contributed by atoms with Gasteiger partial charge in [0.15, 0.2) is 0 Å². The average molecular weight is 425 g/mol. The first-order valence-corrected chi connectivity index (χ1v) is 12.0. The van der Waals surface area contributed by atoms with Crippen LogP contribution in [0.5, 0.6) is 5.75 Å². The second-order valence-corrected chi connectivity index (χ2v) is 10.4. The first-order valence-electron chi connectivity index (χ1n) is 12.0. The Hall–Kier alpha value is -2.01. The van der Waals surface area contributed by atoms with Crippen molar-refractivity contribution in [1.29, 1.82) is 0 Å². The Bertz CT molecular complexity index is 847. The van der Waals surface area contributed by atoms with Crippen LogP contribution in [0.15, 0.2) is 36.4 Å². The number of carbonyl (C=O) groups is 1. The number of allylic oxidation sites excluding steroid dienone is 1. The number of ether oxygens (including phenoxy) is 2. The minimum Gasteiger partial charge on any atom is -0.497 e. The van der Waals surface area contributed by atoms with Gasteiger partial charge in [-0.3, -0.25) is 9.69 Å². The summed E-state index contributed by atoms with van der Waals surface area (Å²) < 4.78 is 11.3. The largest absolute Gasteiger partial charge is 0.497 e. The lowest BCUT2D eigenvalue weighted by molar-refractivity contribution is -0.146. The van der Waals surface area contributed by atoms with Crippen LogP contribution in [-0.2, 0) is 9.53 Å². The van der Waals surface area contributed by atoms with Crippen molar-refractivity contribution in [2.45, 2.75) is 45.1 Å². The summed E-state index contributed by atoms with van der Waals surface area (Å²) in [5.74, 6) is 1.88. The molecule has 0 aromatic heterocycles. The second-order valence-electron chi connectivity index (χ2n) is 10.4. The smallest absolute Gasteiger partial charge is 0.310 e. The zero-order chi connectivity index (χ0) is 21.6. The van der Waals surface area contributed by atoms with Crippen molar-refractivity contribution in [2.24, 2.45) is 23.2 Å². The molecule has 2 saturated carbocycles. The highest BCUT2D eigenvalue weighted by molar-refractivity contribution is 5.75. The molecule has 2 aliphatic carbocycles. The van der Waals surface area contributed by atoms with E-state index in [4.69, 9.17) is 9.47 Å². The average Bonchev–Trinajstić information content (AvgIpc) is 3.06. The summed E-state index contributed by atoms with van der Waals surface area (Å²) >= 11 is 0. The van der Waals surface area contributed by atoms with Crippen molar-refractivity contribution in [1.82, 2.24) is 4.90 Å². The summed E-state index contributed by atoms with van der Waals surface area (Å²) in [4.78, 5) is 17.7. The van der Waals surface area contributed by atoms with Crippen molar-refractivity contribution < 1.29 is 14.3 Å². The molecule has 2 heterocycles. The number of methoxy groups -OCH3 is 1. The molecular weight excluding hydrogens is 388 g/mol. The van der Waals surface area contributed by atoms with Gasteiger partial charge in [0.2, 0.25) is 0 Å². The summed E-state index contributed by atoms with van der Waals surface area (Å²) in [6.45, 7) is 11.6. The molecule has 168 valence electrons. The lowest BCUT2D eigenvalue weighted by Crippen LogP contribution is -2.50. The van der Waals surface area contributed by atoms with Gasteiger partial charge in [-0.2, -0.15) is 0 Å². The first kappa shape index (κ1) is 20.9. The third kappa shape index (κ3) is 3.86. The zero-order valence-corrected chi connectivity index (χ0v) is 19.0. The Morgan fingerprint density at radius 2 is 2.06 bits per heavy atom. The number of hydrogen-bond acceptors (Lipinski definition) is 5. The van der Waals surface area contributed by atoms with Gasteiger partial charge in [-0.05, 0) is 55.6 Å². The number of rotatable bonds is 4. The molecule has 1 aromatic carbocycles. The second kappa shape index (κ2) is 8.16. The molecule has 5 rings (SSSR count). The Kier molecular flexibility index (Phi) is 5.49. The number of anilines is 1. The topological polar surface area (TPSA) is 42.0 Å². The monoisotopic (exact) mass is 424 g/mol. The molecule has 5 heteroatoms. The highest BCUT2D eigenvalue weighted by Gasteiger charge is 2.55. The fourth-order valence-electron chi connectivity index (χ4n) is 6.74. The van der Waals surface area contributed by atoms with Crippen molar-refractivity contribution in [3.8, 4) is 5.75 Å². The molecule has 1 aromatic rings. The van der Waals surface area contributed by atoms with E-state index in [9.17, 15) is 4.79 Å². The van der Waals surface area contributed by atoms with Crippen molar-refractivity contribution in [3.63, 3.8) is 0 Å². The SMILES string of the molecule is C=C1CCC[C@]2(C)C[C@H]3OC(=O)[C@@H](CN4CCN(c5cccc(OC)c5)CC4)[C@@H]3C[C@H]12. The highest BCUT2D eigenvalue weighted by Crippen LogP contribution is 2.56. The fraction of sp³-hybridized carbons (Fsp3) is 0.654. The van der Waals surface area contributed by atoms with Crippen LogP contribution in [0, 0.1) is 23.2 Å². The van der Waals surface area contributed by atoms with Gasteiger partial charge in [0, 0.05) is 50.4 Å². The molecule has 2 saturated heterocycles. The number of benzene rings is 1. The number of carbonyl (C=O) groups excluding carboxylic acids is 1. The van der Waals surface area contributed by atoms with E-state index in [1.807, 2.05) is 12.1 Å². The highest BCUT2D eigenvalue weighted by atomic mass is 16.6. The Balaban J connectivity index is 1.22. The predicted molar refractivity (Wildman–Crippen MR) is 122 cm³/mol. The predicted octanol–water partition coefficient (Wildman–Crippen LogP) is 4.13. The molecule has 0 radical (unpaired) electrons. The lowest BCUT2D eigenvalue weighted by Gasteiger charge is -2.50. The van der Waals surface area contributed by atoms with Crippen LogP contribution in [-0.4, -0.2) is 56.8 Å². The molecule has 5 atom stereocenters. The minimum absolute atomic E-state index is 0.0210. The normalized spacial score (nSPS) is 36.0. The molecular formula is C26H36N2O3. The van der Waals surface area contributed by atoms with Gasteiger partial charge >= 0.3 is 5.97 Å². The minimum atomic E-state index is 0.0210. The maximum atomic E-state index is 12.9. The van der Waals surface area contributed by atoms with Crippen molar-refractivity contribution in [2.75, 3.05) is 44.7 Å². The number of esters is 1. The third-order valence-electron chi connectivity index (χ3n) is 8.57. The van der Waals surface area contributed by atoms with E-state index in [-0.39, 0.29) is 23.4 Å². The van der Waals surface area contributed by atoms with E-state index in [1.165, 1.54) is 24.1 Å². The molecule has 0 amide bonds. The van der Waals surface area contributed by atoms with Crippen LogP contribution in [0.2, 0.25) is 0 Å². The van der Waals surface area contributed by atoms with E-state index >= 15 is 0 Å². The van der Waals surface area contributed by atoms with Crippen LogP contribution in [0.1, 0.15) is 39.0 Å². The molecule has 31 heavy (non-hydrogen) atoms. The lowest BCUT2D eigenvalue weighted by atomic mass is 9.55. The fourth-order valence-corrected chi connectivity index (χ4v) is 6.74. The van der Waals surface area contributed by atoms with Gasteiger partial charge in [0.1, 0.15) is 11.9 Å². The van der Waals surface area contributed by atoms with Crippen LogP contribution >= 0.6 is 0 Å². The summed E-state index contributed by atoms with van der Waals surface area (Å²) in [6, 6.07) is 8.28. The number of nitrogens with zero attached hydrogens (tertiary/aromatic N) is 2. The molecule has 0 unspecified atom stereocenters. The molecule has 0 bridgehead atoms. The van der Waals surface area contributed by atoms with E-state index in [2.05, 4.69) is 35.4 Å². The number of piperazine rings is 1. The maximum Gasteiger partial charge on any atom is 0.310 e. The number of hydrogen-bond donors (Lipinski definition) is 0. The molecule has 5 nitrogen and oxygen atoms in total. The molecule has 4 fully saturated rings. The van der Waals surface area contributed by atoms with Gasteiger partial charge < -0.3 is 14.4 Å². The van der Waals surface area contributed by atoms with Crippen LogP contribution in [0.4, 0.5) is 5.69 Å². The van der Waals surface area contributed by atoms with Crippen LogP contribution in [0.25, 0.3) is 0 Å². The Morgan fingerprint density at radius 1 is 1.26 bits per heavy atom. The summed E-state index contributed by atoms with van der Waals surface area (Å²) in [7, 11) is 1.71. The van der Waals surface area contributed by atoms with Crippen LogP contribution in [0.3, 0.4) is 0 Å². The molecule has 0 N–H and O–H groups in total. The van der Waals surface area contributed by atoms with Gasteiger partial charge in [0.25, 0.3) is 0 Å². The van der Waals surface area contributed by atoms with Crippen molar-refractivity contribution in [3.05, 3.63) is 36.4 Å². The summed E-state index contributed by atoms with van der Waals surface area (Å²) in [6.07, 6.45) is 5.85. The van der Waals surface area contributed by atoms with E-state index < -0.39 is 0 Å². The van der Waals surface area contributed by atoms with Gasteiger partial charge in [-0.25, -0.2) is 0 Å². The molecule has 2 aliphatic heterocycles. The molecule has 4 aliphatic rings. The van der Waals surface area contributed by atoms with Gasteiger partial charge in [-0.15, -0.1) is 0 Å². The van der Waals surface area contributed by atoms with E-state index in [0.29, 0.717) is 11.8 Å². The maximum absolute atomic E-state index is 12.9. The van der Waals surface area contributed by atoms with E-state index in [0.717, 1.165) is 57.7 Å². The van der Waals surface area contributed by atoms with Gasteiger partial charge in [0.05, 0.1) is 13.0 Å². The first-order chi connectivity index (χ1) is 15.0. The van der Waals surface area contributed by atoms with E-state index in [1.54, 1.807) is 7.11 Å².